The normalized spacial score (nSPS) is 12.3. The fourth-order valence-electron chi connectivity index (χ4n) is 1.85. The number of aliphatic carboxylic acids is 1. The summed E-state index contributed by atoms with van der Waals surface area (Å²) in [7, 11) is 0. The molecule has 1 atom stereocenters. The molecule has 0 bridgehead atoms. The molecule has 0 amide bonds. The van der Waals surface area contributed by atoms with Gasteiger partial charge in [-0.2, -0.15) is 0 Å². The predicted molar refractivity (Wildman–Crippen MR) is 63.6 cm³/mol. The number of carboxylic acid groups (broad SMARTS) is 1. The monoisotopic (exact) mass is 248 g/mol. The van der Waals surface area contributed by atoms with Crippen molar-refractivity contribution in [3.8, 4) is 0 Å². The minimum Gasteiger partial charge on any atom is -0.481 e. The van der Waals surface area contributed by atoms with Crippen LogP contribution in [0.1, 0.15) is 11.1 Å². The van der Waals surface area contributed by atoms with E-state index in [2.05, 4.69) is 0 Å². The van der Waals surface area contributed by atoms with Crippen molar-refractivity contribution >= 4 is 5.97 Å². The number of benzene rings is 1. The molecule has 0 radical (unpaired) electrons. The topological polar surface area (TPSA) is 50.4 Å². The van der Waals surface area contributed by atoms with Crippen LogP contribution in [0, 0.1) is 11.7 Å². The molecule has 0 aliphatic rings. The number of carbonyl (C=O) groups is 1. The number of rotatable bonds is 5. The standard InChI is InChI=1S/C14H13FO3/c15-13-3-1-10(2-4-13)7-12(14(16)17)8-11-5-6-18-9-11/h1-6,9,12H,7-8H2,(H,16,17). The molecule has 2 aromatic rings. The minimum absolute atomic E-state index is 0.319. The van der Waals surface area contributed by atoms with Crippen LogP contribution in [-0.4, -0.2) is 11.1 Å². The lowest BCUT2D eigenvalue weighted by atomic mass is 9.94. The van der Waals surface area contributed by atoms with Gasteiger partial charge in [0.05, 0.1) is 18.4 Å². The van der Waals surface area contributed by atoms with Crippen molar-refractivity contribution in [3.05, 3.63) is 59.8 Å². The second-order valence-corrected chi connectivity index (χ2v) is 4.20. The highest BCUT2D eigenvalue weighted by Crippen LogP contribution is 2.16. The van der Waals surface area contributed by atoms with Crippen LogP contribution in [0.15, 0.2) is 47.3 Å². The Bertz CT molecular complexity index is 502. The zero-order valence-electron chi connectivity index (χ0n) is 9.67. The molecule has 4 heteroatoms. The van der Waals surface area contributed by atoms with Crippen LogP contribution in [-0.2, 0) is 17.6 Å². The summed E-state index contributed by atoms with van der Waals surface area (Å²) >= 11 is 0. The highest BCUT2D eigenvalue weighted by atomic mass is 19.1. The van der Waals surface area contributed by atoms with Crippen LogP contribution in [0.25, 0.3) is 0 Å². The first-order valence-corrected chi connectivity index (χ1v) is 5.63. The van der Waals surface area contributed by atoms with E-state index in [4.69, 9.17) is 4.42 Å². The highest BCUT2D eigenvalue weighted by molar-refractivity contribution is 5.70. The van der Waals surface area contributed by atoms with Crippen molar-refractivity contribution in [2.75, 3.05) is 0 Å². The predicted octanol–water partition coefficient (Wildman–Crippen LogP) is 2.90. The van der Waals surface area contributed by atoms with Gasteiger partial charge >= 0.3 is 5.97 Å². The molecule has 18 heavy (non-hydrogen) atoms. The first kappa shape index (κ1) is 12.4. The first-order valence-electron chi connectivity index (χ1n) is 5.63. The number of halogens is 1. The van der Waals surface area contributed by atoms with E-state index in [0.717, 1.165) is 11.1 Å². The van der Waals surface area contributed by atoms with Crippen molar-refractivity contribution in [1.29, 1.82) is 0 Å². The van der Waals surface area contributed by atoms with Gasteiger partial charge in [-0.05, 0) is 42.2 Å². The molecule has 0 aliphatic carbocycles. The van der Waals surface area contributed by atoms with Crippen LogP contribution >= 0.6 is 0 Å². The Morgan fingerprint density at radius 1 is 1.17 bits per heavy atom. The SMILES string of the molecule is O=C(O)C(Cc1ccc(F)cc1)Cc1ccoc1. The summed E-state index contributed by atoms with van der Waals surface area (Å²) in [4.78, 5) is 11.2. The number of furan rings is 1. The number of carboxylic acids is 1. The van der Waals surface area contributed by atoms with Gasteiger partial charge in [-0.25, -0.2) is 4.39 Å². The Labute approximate surface area is 104 Å². The fourth-order valence-corrected chi connectivity index (χ4v) is 1.85. The lowest BCUT2D eigenvalue weighted by Crippen LogP contribution is -2.18. The highest BCUT2D eigenvalue weighted by Gasteiger charge is 2.19. The van der Waals surface area contributed by atoms with Crippen LogP contribution < -0.4 is 0 Å². The lowest BCUT2D eigenvalue weighted by molar-refractivity contribution is -0.141. The molecule has 0 spiro atoms. The quantitative estimate of drug-likeness (QED) is 0.885. The third kappa shape index (κ3) is 3.20. The zero-order chi connectivity index (χ0) is 13.0. The van der Waals surface area contributed by atoms with Crippen molar-refractivity contribution in [2.24, 2.45) is 5.92 Å². The third-order valence-corrected chi connectivity index (χ3v) is 2.81. The molecule has 1 N–H and O–H groups in total. The van der Waals surface area contributed by atoms with E-state index >= 15 is 0 Å². The molecular formula is C14H13FO3. The largest absolute Gasteiger partial charge is 0.481 e. The van der Waals surface area contributed by atoms with E-state index in [1.807, 2.05) is 0 Å². The summed E-state index contributed by atoms with van der Waals surface area (Å²) in [6.07, 6.45) is 3.84. The molecule has 3 nitrogen and oxygen atoms in total. The molecule has 1 heterocycles. The van der Waals surface area contributed by atoms with Gasteiger partial charge in [0.2, 0.25) is 0 Å². The lowest BCUT2D eigenvalue weighted by Gasteiger charge is -2.11. The van der Waals surface area contributed by atoms with E-state index in [-0.39, 0.29) is 5.82 Å². The molecule has 1 unspecified atom stereocenters. The third-order valence-electron chi connectivity index (χ3n) is 2.81. The van der Waals surface area contributed by atoms with Gasteiger partial charge in [0.15, 0.2) is 0 Å². The fraction of sp³-hybridized carbons (Fsp3) is 0.214. The van der Waals surface area contributed by atoms with E-state index in [9.17, 15) is 14.3 Å². The van der Waals surface area contributed by atoms with Gasteiger partial charge in [0.1, 0.15) is 5.82 Å². The summed E-state index contributed by atoms with van der Waals surface area (Å²) in [6, 6.07) is 7.65. The molecule has 0 saturated carbocycles. The molecular weight excluding hydrogens is 235 g/mol. The van der Waals surface area contributed by atoms with Crippen LogP contribution in [0.4, 0.5) is 4.39 Å². The molecule has 0 fully saturated rings. The maximum absolute atomic E-state index is 12.8. The van der Waals surface area contributed by atoms with Crippen LogP contribution in [0.5, 0.6) is 0 Å². The summed E-state index contributed by atoms with van der Waals surface area (Å²) in [5, 5.41) is 9.18. The van der Waals surface area contributed by atoms with Gasteiger partial charge in [-0.15, -0.1) is 0 Å². The Hall–Kier alpha value is -2.10. The Kier molecular flexibility index (Phi) is 3.77. The Balaban J connectivity index is 2.06. The van der Waals surface area contributed by atoms with E-state index in [1.54, 1.807) is 24.5 Å². The van der Waals surface area contributed by atoms with E-state index in [1.165, 1.54) is 18.4 Å². The van der Waals surface area contributed by atoms with E-state index in [0.29, 0.717) is 12.8 Å². The van der Waals surface area contributed by atoms with Crippen LogP contribution in [0.2, 0.25) is 0 Å². The maximum Gasteiger partial charge on any atom is 0.307 e. The molecule has 2 rings (SSSR count). The molecule has 0 saturated heterocycles. The summed E-state index contributed by atoms with van der Waals surface area (Å²) in [5.74, 6) is -1.71. The van der Waals surface area contributed by atoms with Crippen molar-refractivity contribution in [1.82, 2.24) is 0 Å². The van der Waals surface area contributed by atoms with Crippen LogP contribution in [0.3, 0.4) is 0 Å². The Morgan fingerprint density at radius 2 is 1.83 bits per heavy atom. The summed E-state index contributed by atoms with van der Waals surface area (Å²) in [5.41, 5.74) is 1.66. The van der Waals surface area contributed by atoms with Gasteiger partial charge < -0.3 is 9.52 Å². The van der Waals surface area contributed by atoms with Crippen molar-refractivity contribution in [3.63, 3.8) is 0 Å². The maximum atomic E-state index is 12.8. The summed E-state index contributed by atoms with van der Waals surface area (Å²) in [6.45, 7) is 0. The van der Waals surface area contributed by atoms with Crippen molar-refractivity contribution in [2.45, 2.75) is 12.8 Å². The van der Waals surface area contributed by atoms with E-state index < -0.39 is 11.9 Å². The molecule has 0 aliphatic heterocycles. The average molecular weight is 248 g/mol. The Morgan fingerprint density at radius 3 is 2.39 bits per heavy atom. The minimum atomic E-state index is -0.861. The van der Waals surface area contributed by atoms with Gasteiger partial charge in [0.25, 0.3) is 0 Å². The van der Waals surface area contributed by atoms with Crippen molar-refractivity contribution < 1.29 is 18.7 Å². The smallest absolute Gasteiger partial charge is 0.307 e. The summed E-state index contributed by atoms with van der Waals surface area (Å²) < 4.78 is 17.7. The molecule has 94 valence electrons. The van der Waals surface area contributed by atoms with Gasteiger partial charge in [-0.1, -0.05) is 12.1 Å². The second kappa shape index (κ2) is 5.49. The molecule has 1 aromatic heterocycles. The average Bonchev–Trinajstić information content (AvgIpc) is 2.84. The number of hydrogen-bond acceptors (Lipinski definition) is 2. The zero-order valence-corrected chi connectivity index (χ0v) is 9.67. The first-order chi connectivity index (χ1) is 8.65. The van der Waals surface area contributed by atoms with Gasteiger partial charge in [0, 0.05) is 0 Å². The second-order valence-electron chi connectivity index (χ2n) is 4.20. The number of hydrogen-bond donors (Lipinski definition) is 1. The van der Waals surface area contributed by atoms with Gasteiger partial charge in [-0.3, -0.25) is 4.79 Å². The molecule has 1 aromatic carbocycles.